The van der Waals surface area contributed by atoms with Crippen molar-refractivity contribution in [3.05, 3.63) is 74.9 Å². The first-order chi connectivity index (χ1) is 14.0. The van der Waals surface area contributed by atoms with Crippen LogP contribution in [0.25, 0.3) is 11.4 Å². The molecule has 4 rings (SSSR count). The first-order valence-electron chi connectivity index (χ1n) is 8.06. The van der Waals surface area contributed by atoms with Gasteiger partial charge in [-0.25, -0.2) is 9.97 Å². The third kappa shape index (κ3) is 4.24. The van der Waals surface area contributed by atoms with Crippen LogP contribution in [0.2, 0.25) is 10.0 Å². The number of hydrogen-bond acceptors (Lipinski definition) is 8. The normalized spacial score (nSPS) is 11.0. The summed E-state index contributed by atoms with van der Waals surface area (Å²) in [7, 11) is 0. The van der Waals surface area contributed by atoms with E-state index >= 15 is 0 Å². The van der Waals surface area contributed by atoms with Crippen molar-refractivity contribution in [3.8, 4) is 11.4 Å². The predicted molar refractivity (Wildman–Crippen MR) is 106 cm³/mol. The molecule has 3 heterocycles. The minimum atomic E-state index is -0.561. The summed E-state index contributed by atoms with van der Waals surface area (Å²) in [5.74, 6) is 1.19. The van der Waals surface area contributed by atoms with Gasteiger partial charge in [0, 0.05) is 10.6 Å². The van der Waals surface area contributed by atoms with Crippen LogP contribution in [0.4, 0.5) is 5.69 Å². The van der Waals surface area contributed by atoms with Crippen molar-refractivity contribution in [2.75, 3.05) is 0 Å². The molecule has 3 aromatic heterocycles. The second-order valence-corrected chi connectivity index (χ2v) is 7.46. The van der Waals surface area contributed by atoms with Crippen LogP contribution in [0, 0.1) is 10.1 Å². The molecule has 146 valence electrons. The molecule has 0 bridgehead atoms. The van der Waals surface area contributed by atoms with E-state index in [1.165, 1.54) is 0 Å². The van der Waals surface area contributed by atoms with Crippen LogP contribution in [0.1, 0.15) is 5.76 Å². The molecule has 9 nitrogen and oxygen atoms in total. The zero-order valence-electron chi connectivity index (χ0n) is 14.4. The Hall–Kier alpha value is -2.95. The lowest BCUT2D eigenvalue weighted by atomic mass is 10.2. The second-order valence-electron chi connectivity index (χ2n) is 5.68. The average molecular weight is 449 g/mol. The van der Waals surface area contributed by atoms with Crippen molar-refractivity contribution < 1.29 is 9.34 Å². The fraction of sp³-hybridized carbons (Fsp3) is 0.0588. The van der Waals surface area contributed by atoms with Crippen LogP contribution in [0.5, 0.6) is 0 Å². The van der Waals surface area contributed by atoms with E-state index in [1.807, 2.05) is 6.07 Å². The molecule has 0 N–H and O–H groups in total. The molecule has 0 unspecified atom stereocenters. The zero-order chi connectivity index (χ0) is 20.4. The lowest BCUT2D eigenvalue weighted by Gasteiger charge is -2.09. The van der Waals surface area contributed by atoms with E-state index in [0.717, 1.165) is 24.2 Å². The van der Waals surface area contributed by atoms with Gasteiger partial charge in [0.2, 0.25) is 0 Å². The van der Waals surface area contributed by atoms with Crippen LogP contribution < -0.4 is 0 Å². The highest BCUT2D eigenvalue weighted by molar-refractivity contribution is 7.99. The van der Waals surface area contributed by atoms with Crippen molar-refractivity contribution in [3.63, 3.8) is 0 Å². The van der Waals surface area contributed by atoms with Crippen molar-refractivity contribution in [2.45, 2.75) is 16.9 Å². The quantitative estimate of drug-likeness (QED) is 0.236. The summed E-state index contributed by atoms with van der Waals surface area (Å²) < 4.78 is 7.24. The van der Waals surface area contributed by atoms with E-state index in [1.54, 1.807) is 35.1 Å². The van der Waals surface area contributed by atoms with E-state index in [2.05, 4.69) is 20.2 Å². The van der Waals surface area contributed by atoms with E-state index in [9.17, 15) is 10.1 Å². The van der Waals surface area contributed by atoms with Crippen LogP contribution in [0.3, 0.4) is 0 Å². The van der Waals surface area contributed by atoms with Gasteiger partial charge in [0.05, 0.1) is 22.8 Å². The summed E-state index contributed by atoms with van der Waals surface area (Å²) >= 11 is 13.5. The highest BCUT2D eigenvalue weighted by atomic mass is 35.5. The van der Waals surface area contributed by atoms with Gasteiger partial charge in [-0.3, -0.25) is 14.7 Å². The molecular formula is C17H10Cl2N6O3S. The first kappa shape index (κ1) is 19.4. The topological polar surface area (TPSA) is 113 Å². The van der Waals surface area contributed by atoms with E-state index in [-0.39, 0.29) is 10.8 Å². The Morgan fingerprint density at radius 2 is 1.97 bits per heavy atom. The van der Waals surface area contributed by atoms with E-state index in [4.69, 9.17) is 27.6 Å². The van der Waals surface area contributed by atoms with Crippen molar-refractivity contribution >= 4 is 40.7 Å². The number of nitro groups is 1. The summed E-state index contributed by atoms with van der Waals surface area (Å²) in [5.41, 5.74) is 0.451. The largest absolute Gasteiger partial charge is 0.467 e. The van der Waals surface area contributed by atoms with Gasteiger partial charge in [-0.2, -0.15) is 0 Å². The molecule has 1 aromatic carbocycles. The molecule has 0 atom stereocenters. The SMILES string of the molecule is O=[N+]([O-])c1cnc(Sc2nnc(-c3ccc(Cl)cc3Cl)n2Cc2ccco2)nc1. The van der Waals surface area contributed by atoms with Crippen LogP contribution >= 0.6 is 35.0 Å². The highest BCUT2D eigenvalue weighted by Crippen LogP contribution is 2.33. The molecule has 29 heavy (non-hydrogen) atoms. The molecule has 0 amide bonds. The molecule has 0 spiro atoms. The second kappa shape index (κ2) is 8.19. The van der Waals surface area contributed by atoms with Crippen molar-refractivity contribution in [2.24, 2.45) is 0 Å². The number of nitrogens with zero attached hydrogens (tertiary/aromatic N) is 6. The van der Waals surface area contributed by atoms with Gasteiger partial charge in [0.1, 0.15) is 18.2 Å². The molecular weight excluding hydrogens is 439 g/mol. The van der Waals surface area contributed by atoms with Gasteiger partial charge in [-0.1, -0.05) is 23.2 Å². The Morgan fingerprint density at radius 1 is 1.17 bits per heavy atom. The van der Waals surface area contributed by atoms with Gasteiger partial charge in [-0.05, 0) is 42.1 Å². The summed E-state index contributed by atoms with van der Waals surface area (Å²) in [6.45, 7) is 0.337. The average Bonchev–Trinajstić information content (AvgIpc) is 3.34. The van der Waals surface area contributed by atoms with Gasteiger partial charge >= 0.3 is 5.69 Å². The van der Waals surface area contributed by atoms with Crippen LogP contribution in [-0.2, 0) is 6.54 Å². The maximum atomic E-state index is 10.8. The molecule has 0 saturated carbocycles. The maximum Gasteiger partial charge on any atom is 0.305 e. The lowest BCUT2D eigenvalue weighted by Crippen LogP contribution is -2.04. The zero-order valence-corrected chi connectivity index (χ0v) is 16.7. The Kier molecular flexibility index (Phi) is 5.47. The lowest BCUT2D eigenvalue weighted by molar-refractivity contribution is -0.385. The minimum Gasteiger partial charge on any atom is -0.467 e. The predicted octanol–water partition coefficient (Wildman–Crippen LogP) is 4.74. The van der Waals surface area contributed by atoms with E-state index in [0.29, 0.717) is 38.9 Å². The summed E-state index contributed by atoms with van der Waals surface area (Å²) in [4.78, 5) is 18.2. The van der Waals surface area contributed by atoms with E-state index < -0.39 is 4.92 Å². The van der Waals surface area contributed by atoms with Gasteiger partial charge in [0.25, 0.3) is 0 Å². The molecule has 0 aliphatic rings. The third-order valence-electron chi connectivity index (χ3n) is 3.79. The molecule has 0 fully saturated rings. The molecule has 12 heteroatoms. The fourth-order valence-corrected chi connectivity index (χ4v) is 3.68. The number of aromatic nitrogens is 5. The van der Waals surface area contributed by atoms with Crippen LogP contribution in [0.15, 0.2) is 63.7 Å². The number of furan rings is 1. The Morgan fingerprint density at radius 3 is 2.62 bits per heavy atom. The fourth-order valence-electron chi connectivity index (χ4n) is 2.47. The number of hydrogen-bond donors (Lipinski definition) is 0. The Bertz CT molecular complexity index is 1160. The van der Waals surface area contributed by atoms with Crippen molar-refractivity contribution in [1.82, 2.24) is 24.7 Å². The summed E-state index contributed by atoms with van der Waals surface area (Å²) in [5, 5.41) is 20.9. The van der Waals surface area contributed by atoms with Crippen LogP contribution in [-0.4, -0.2) is 29.7 Å². The number of benzene rings is 1. The first-order valence-corrected chi connectivity index (χ1v) is 9.64. The molecule has 0 aliphatic heterocycles. The standard InChI is InChI=1S/C17H10Cl2N6O3S/c18-10-3-4-13(14(19)6-10)15-22-23-17(24(15)9-12-2-1-5-28-12)29-16-20-7-11(8-21-16)25(26)27/h1-8H,9H2. The summed E-state index contributed by atoms with van der Waals surface area (Å²) in [6.07, 6.45) is 3.85. The number of rotatable bonds is 6. The van der Waals surface area contributed by atoms with Gasteiger partial charge in [0.15, 0.2) is 16.1 Å². The Balaban J connectivity index is 1.73. The highest BCUT2D eigenvalue weighted by Gasteiger charge is 2.20. The number of halogens is 2. The molecule has 0 radical (unpaired) electrons. The molecule has 0 aliphatic carbocycles. The third-order valence-corrected chi connectivity index (χ3v) is 5.22. The molecule has 4 aromatic rings. The smallest absolute Gasteiger partial charge is 0.305 e. The monoisotopic (exact) mass is 448 g/mol. The summed E-state index contributed by atoms with van der Waals surface area (Å²) in [6, 6.07) is 8.69. The Labute approximate surface area is 177 Å². The maximum absolute atomic E-state index is 10.8. The minimum absolute atomic E-state index is 0.194. The van der Waals surface area contributed by atoms with Gasteiger partial charge in [-0.15, -0.1) is 10.2 Å². The molecule has 0 saturated heterocycles. The van der Waals surface area contributed by atoms with Crippen molar-refractivity contribution in [1.29, 1.82) is 0 Å². The van der Waals surface area contributed by atoms with Gasteiger partial charge < -0.3 is 4.42 Å².